The van der Waals surface area contributed by atoms with E-state index in [1.165, 1.54) is 22.3 Å². The summed E-state index contributed by atoms with van der Waals surface area (Å²) in [6.45, 7) is 29.1. The zero-order chi connectivity index (χ0) is 26.2. The van der Waals surface area contributed by atoms with Crippen molar-refractivity contribution in [3.63, 3.8) is 0 Å². The maximum absolute atomic E-state index is 6.74. The number of hydrogen-bond acceptors (Lipinski definition) is 3. The Morgan fingerprint density at radius 3 is 1.20 bits per heavy atom. The highest BCUT2D eigenvalue weighted by Gasteiger charge is 2.20. The van der Waals surface area contributed by atoms with E-state index in [0.29, 0.717) is 0 Å². The van der Waals surface area contributed by atoms with Gasteiger partial charge in [0.15, 0.2) is 0 Å². The molecule has 35 heavy (non-hydrogen) atoms. The van der Waals surface area contributed by atoms with Crippen LogP contribution in [-0.2, 0) is 23.7 Å². The predicted molar refractivity (Wildman–Crippen MR) is 153 cm³/mol. The summed E-state index contributed by atoms with van der Waals surface area (Å²) in [6.07, 6.45) is 1.99. The summed E-state index contributed by atoms with van der Waals surface area (Å²) in [4.78, 5) is 4.97. The first-order chi connectivity index (χ1) is 16.4. The van der Waals surface area contributed by atoms with Crippen LogP contribution in [-0.4, -0.2) is 49.1 Å². The Hall–Kier alpha value is -1.84. The lowest BCUT2D eigenvalue weighted by molar-refractivity contribution is 0.305. The zero-order valence-corrected chi connectivity index (χ0v) is 24.4. The van der Waals surface area contributed by atoms with Gasteiger partial charge in [0, 0.05) is 13.1 Å². The second-order valence-electron chi connectivity index (χ2n) is 11.8. The van der Waals surface area contributed by atoms with Gasteiger partial charge in [-0.05, 0) is 84.2 Å². The molecule has 0 fully saturated rings. The van der Waals surface area contributed by atoms with E-state index < -0.39 is 0 Å². The fraction of sp³-hybridized carbons (Fsp3) is 0.625. The molecule has 196 valence electrons. The van der Waals surface area contributed by atoms with Crippen LogP contribution in [0.5, 0.6) is 11.5 Å². The molecule has 0 heterocycles. The summed E-state index contributed by atoms with van der Waals surface area (Å²) < 4.78 is 6.74. The molecule has 0 N–H and O–H groups in total. The van der Waals surface area contributed by atoms with Gasteiger partial charge in [-0.3, -0.25) is 0 Å². The lowest BCUT2D eigenvalue weighted by Crippen LogP contribution is -2.26. The minimum absolute atomic E-state index is 0.117. The molecular formula is C32H52N2O. The predicted octanol–water partition coefficient (Wildman–Crippen LogP) is 7.84. The van der Waals surface area contributed by atoms with Crippen molar-refractivity contribution in [1.82, 2.24) is 9.80 Å². The first-order valence-electron chi connectivity index (χ1n) is 13.8. The van der Waals surface area contributed by atoms with Gasteiger partial charge in [0.1, 0.15) is 11.5 Å². The Balaban J connectivity index is 2.44. The Labute approximate surface area is 216 Å². The van der Waals surface area contributed by atoms with E-state index in [2.05, 4.69) is 115 Å². The van der Waals surface area contributed by atoms with Crippen molar-refractivity contribution in [3.8, 4) is 11.5 Å². The summed E-state index contributed by atoms with van der Waals surface area (Å²) in [5, 5.41) is 0. The molecule has 0 amide bonds. The molecule has 0 unspecified atom stereocenters. The van der Waals surface area contributed by atoms with E-state index in [9.17, 15) is 0 Å². The molecule has 2 aromatic carbocycles. The van der Waals surface area contributed by atoms with Crippen molar-refractivity contribution in [1.29, 1.82) is 0 Å². The van der Waals surface area contributed by atoms with Gasteiger partial charge in [-0.1, -0.05) is 93.5 Å². The summed E-state index contributed by atoms with van der Waals surface area (Å²) in [6, 6.07) is 13.6. The van der Waals surface area contributed by atoms with Crippen molar-refractivity contribution in [2.75, 3.05) is 39.3 Å². The van der Waals surface area contributed by atoms with E-state index in [-0.39, 0.29) is 10.8 Å². The lowest BCUT2D eigenvalue weighted by Gasteiger charge is -2.25. The number of benzene rings is 2. The summed E-state index contributed by atoms with van der Waals surface area (Å²) in [5.74, 6) is 2.00. The zero-order valence-electron chi connectivity index (χ0n) is 24.4. The summed E-state index contributed by atoms with van der Waals surface area (Å²) in [5.41, 5.74) is 5.57. The number of nitrogens with zero attached hydrogens (tertiary/aromatic N) is 2. The van der Waals surface area contributed by atoms with E-state index >= 15 is 0 Å². The number of rotatable bonds is 12. The molecule has 0 spiro atoms. The molecule has 0 aromatic heterocycles. The molecule has 0 aliphatic rings. The van der Waals surface area contributed by atoms with Crippen molar-refractivity contribution in [2.45, 2.75) is 92.9 Å². The van der Waals surface area contributed by atoms with Crippen LogP contribution in [0.2, 0.25) is 0 Å². The maximum atomic E-state index is 6.74. The van der Waals surface area contributed by atoms with Crippen molar-refractivity contribution in [2.24, 2.45) is 0 Å². The molecule has 0 radical (unpaired) electrons. The second-order valence-corrected chi connectivity index (χ2v) is 11.8. The topological polar surface area (TPSA) is 15.7 Å². The highest BCUT2D eigenvalue weighted by Crippen LogP contribution is 2.35. The molecule has 3 nitrogen and oxygen atoms in total. The van der Waals surface area contributed by atoms with E-state index in [4.69, 9.17) is 4.74 Å². The van der Waals surface area contributed by atoms with Gasteiger partial charge in [0.25, 0.3) is 0 Å². The first-order valence-corrected chi connectivity index (χ1v) is 13.8. The molecule has 2 rings (SSSR count). The standard InChI is InChI=1S/C32H52N2O/c1-11-33(12-2)21-19-25-23-27(31(5,6)7)15-17-29(25)35-30-18-16-28(32(8,9)10)24-26(30)20-22-34(13-3)14-4/h15-18,23-24H,11-14,19-22H2,1-10H3. The Bertz CT molecular complexity index is 837. The van der Waals surface area contributed by atoms with Crippen molar-refractivity contribution < 1.29 is 4.74 Å². The average Bonchev–Trinajstić information content (AvgIpc) is 2.80. The van der Waals surface area contributed by atoms with Crippen LogP contribution in [0.1, 0.15) is 91.5 Å². The average molecular weight is 481 g/mol. The van der Waals surface area contributed by atoms with Crippen molar-refractivity contribution in [3.05, 3.63) is 58.7 Å². The SMILES string of the molecule is CCN(CC)CCc1cc(C(C)(C)C)ccc1Oc1ccc(C(C)(C)C)cc1CCN(CC)CC. The van der Waals surface area contributed by atoms with Crippen LogP contribution in [0, 0.1) is 0 Å². The largest absolute Gasteiger partial charge is 0.457 e. The minimum atomic E-state index is 0.117. The molecule has 0 aliphatic heterocycles. The van der Waals surface area contributed by atoms with Gasteiger partial charge in [-0.15, -0.1) is 0 Å². The van der Waals surface area contributed by atoms with Gasteiger partial charge < -0.3 is 14.5 Å². The van der Waals surface area contributed by atoms with E-state index in [1.807, 2.05) is 0 Å². The smallest absolute Gasteiger partial charge is 0.130 e. The Morgan fingerprint density at radius 2 is 0.914 bits per heavy atom. The van der Waals surface area contributed by atoms with Crippen LogP contribution in [0.25, 0.3) is 0 Å². The van der Waals surface area contributed by atoms with Gasteiger partial charge in [0.2, 0.25) is 0 Å². The molecule has 0 aliphatic carbocycles. The van der Waals surface area contributed by atoms with E-state index in [1.54, 1.807) is 0 Å². The summed E-state index contributed by atoms with van der Waals surface area (Å²) >= 11 is 0. The number of hydrogen-bond donors (Lipinski definition) is 0. The van der Waals surface area contributed by atoms with Gasteiger partial charge >= 0.3 is 0 Å². The third-order valence-electron chi connectivity index (χ3n) is 7.26. The van der Waals surface area contributed by atoms with Gasteiger partial charge in [0.05, 0.1) is 0 Å². The van der Waals surface area contributed by atoms with Crippen LogP contribution in [0.15, 0.2) is 36.4 Å². The number of likely N-dealkylation sites (N-methyl/N-ethyl adjacent to an activating group) is 2. The molecule has 0 bridgehead atoms. The number of ether oxygens (including phenoxy) is 1. The highest BCUT2D eigenvalue weighted by molar-refractivity contribution is 5.46. The fourth-order valence-electron chi connectivity index (χ4n) is 4.44. The van der Waals surface area contributed by atoms with Crippen LogP contribution < -0.4 is 4.74 Å². The molecule has 0 atom stereocenters. The second kappa shape index (κ2) is 12.9. The van der Waals surface area contributed by atoms with E-state index in [0.717, 1.165) is 63.6 Å². The lowest BCUT2D eigenvalue weighted by atomic mass is 9.85. The molecular weight excluding hydrogens is 428 g/mol. The van der Waals surface area contributed by atoms with Crippen LogP contribution in [0.4, 0.5) is 0 Å². The van der Waals surface area contributed by atoms with Crippen LogP contribution in [0.3, 0.4) is 0 Å². The first kappa shape index (κ1) is 29.4. The third-order valence-corrected chi connectivity index (χ3v) is 7.26. The molecule has 2 aromatic rings. The normalized spacial score (nSPS) is 12.6. The highest BCUT2D eigenvalue weighted by atomic mass is 16.5. The minimum Gasteiger partial charge on any atom is -0.457 e. The Kier molecular flexibility index (Phi) is 10.9. The third kappa shape index (κ3) is 8.65. The maximum Gasteiger partial charge on any atom is 0.130 e. The van der Waals surface area contributed by atoms with Gasteiger partial charge in [-0.2, -0.15) is 0 Å². The van der Waals surface area contributed by atoms with Crippen LogP contribution >= 0.6 is 0 Å². The summed E-state index contributed by atoms with van der Waals surface area (Å²) in [7, 11) is 0. The van der Waals surface area contributed by atoms with Gasteiger partial charge in [-0.25, -0.2) is 0 Å². The molecule has 3 heteroatoms. The quantitative estimate of drug-likeness (QED) is 0.308. The molecule has 0 saturated heterocycles. The molecule has 0 saturated carbocycles. The fourth-order valence-corrected chi connectivity index (χ4v) is 4.44. The van der Waals surface area contributed by atoms with Crippen molar-refractivity contribution >= 4 is 0 Å². The Morgan fingerprint density at radius 1 is 0.571 bits per heavy atom. The monoisotopic (exact) mass is 480 g/mol.